The molecule has 8 nitrogen and oxygen atoms in total. The van der Waals surface area contributed by atoms with Crippen LogP contribution in [0.15, 0.2) is 43.2 Å². The van der Waals surface area contributed by atoms with Gasteiger partial charge >= 0.3 is 0 Å². The van der Waals surface area contributed by atoms with E-state index in [1.165, 1.54) is 24.5 Å². The summed E-state index contributed by atoms with van der Waals surface area (Å²) in [4.78, 5) is 23.1. The molecule has 204 valence electrons. The fourth-order valence-corrected chi connectivity index (χ4v) is 6.06. The second-order valence-electron chi connectivity index (χ2n) is 10.0. The number of amides is 1. The summed E-state index contributed by atoms with van der Waals surface area (Å²) in [5.74, 6) is 0.767. The Morgan fingerprint density at radius 3 is 2.56 bits per heavy atom. The summed E-state index contributed by atoms with van der Waals surface area (Å²) >= 11 is 12.0. The Hall–Kier alpha value is -3.14. The van der Waals surface area contributed by atoms with Crippen LogP contribution in [-0.2, 0) is 9.53 Å². The Balaban J connectivity index is 1.34. The lowest BCUT2D eigenvalue weighted by atomic mass is 9.99. The number of ether oxygens (including phenoxy) is 3. The van der Waals surface area contributed by atoms with Crippen LogP contribution in [0.2, 0.25) is 10.0 Å². The van der Waals surface area contributed by atoms with Gasteiger partial charge in [-0.1, -0.05) is 29.8 Å². The van der Waals surface area contributed by atoms with Crippen molar-refractivity contribution in [1.29, 1.82) is 0 Å². The minimum Gasteiger partial charge on any atom is -0.486 e. The number of carbonyl (C=O) groups excluding carboxylic acids is 1. The van der Waals surface area contributed by atoms with Gasteiger partial charge in [0.2, 0.25) is 5.91 Å². The van der Waals surface area contributed by atoms with Crippen molar-refractivity contribution in [2.45, 2.75) is 56.4 Å². The third-order valence-electron chi connectivity index (χ3n) is 7.58. The van der Waals surface area contributed by atoms with Crippen molar-refractivity contribution in [3.63, 3.8) is 0 Å². The highest BCUT2D eigenvalue weighted by Gasteiger charge is 2.43. The van der Waals surface area contributed by atoms with Crippen molar-refractivity contribution in [3.05, 3.63) is 59.1 Å². The molecule has 1 amide bonds. The molecule has 1 aromatic heterocycles. The molecule has 0 spiro atoms. The minimum absolute atomic E-state index is 0.0284. The van der Waals surface area contributed by atoms with E-state index in [0.29, 0.717) is 54.3 Å². The average Bonchev–Trinajstić information content (AvgIpc) is 3.54. The summed E-state index contributed by atoms with van der Waals surface area (Å²) in [6.07, 6.45) is 6.67. The molecule has 3 saturated heterocycles. The van der Waals surface area contributed by atoms with E-state index in [1.807, 2.05) is 17.0 Å². The van der Waals surface area contributed by atoms with Gasteiger partial charge in [0.25, 0.3) is 0 Å². The number of nitrogens with zero attached hydrogens (tertiary/aromatic N) is 3. The van der Waals surface area contributed by atoms with Crippen molar-refractivity contribution in [2.75, 3.05) is 18.5 Å². The molecule has 3 aromatic rings. The zero-order chi connectivity index (χ0) is 27.1. The number of anilines is 2. The molecule has 3 aliphatic heterocycles. The van der Waals surface area contributed by atoms with Gasteiger partial charge in [-0.15, -0.1) is 0 Å². The zero-order valence-corrected chi connectivity index (χ0v) is 22.6. The van der Waals surface area contributed by atoms with E-state index >= 15 is 0 Å². The first-order chi connectivity index (χ1) is 18.9. The summed E-state index contributed by atoms with van der Waals surface area (Å²) in [5, 5.41) is 3.59. The van der Waals surface area contributed by atoms with Crippen LogP contribution < -0.4 is 14.8 Å². The Morgan fingerprint density at radius 2 is 1.85 bits per heavy atom. The summed E-state index contributed by atoms with van der Waals surface area (Å²) in [5.41, 5.74) is 0.729. The summed E-state index contributed by atoms with van der Waals surface area (Å²) in [6, 6.07) is 6.88. The molecule has 3 aliphatic rings. The van der Waals surface area contributed by atoms with Gasteiger partial charge in [0, 0.05) is 42.8 Å². The predicted molar refractivity (Wildman–Crippen MR) is 147 cm³/mol. The van der Waals surface area contributed by atoms with Crippen LogP contribution in [0, 0.1) is 5.82 Å². The predicted octanol–water partition coefficient (Wildman–Crippen LogP) is 6.07. The van der Waals surface area contributed by atoms with E-state index in [9.17, 15) is 9.18 Å². The molecule has 11 heteroatoms. The maximum absolute atomic E-state index is 14.8. The molecule has 39 heavy (non-hydrogen) atoms. The van der Waals surface area contributed by atoms with E-state index in [-0.39, 0.29) is 45.9 Å². The first-order valence-corrected chi connectivity index (χ1v) is 13.7. The molecule has 0 aliphatic carbocycles. The highest BCUT2D eigenvalue weighted by Crippen LogP contribution is 2.42. The van der Waals surface area contributed by atoms with E-state index in [0.717, 1.165) is 19.3 Å². The molecule has 4 atom stereocenters. The van der Waals surface area contributed by atoms with Crippen LogP contribution in [0.25, 0.3) is 10.9 Å². The molecule has 4 heterocycles. The number of nitrogens with one attached hydrogen (secondary N) is 1. The zero-order valence-electron chi connectivity index (χ0n) is 21.0. The standard InChI is InChI=1S/C28H27Cl2FN4O4/c1-2-25(36)35-15-3-4-16(35)10-18(9-15)39-23-11-19-22(12-24(23)38-17-7-8-37-13-17)32-14-33-28(19)34-21-6-5-20(29)26(30)27(21)31/h2,5-6,11-12,14-18H,1,3-4,7-10,13H2,(H,32,33,34)/t15-,16?,17?,18-/m1/s1. The lowest BCUT2D eigenvalue weighted by molar-refractivity contribution is -0.131. The van der Waals surface area contributed by atoms with Crippen molar-refractivity contribution in [3.8, 4) is 11.5 Å². The SMILES string of the molecule is C=CC(=O)N1C2CC[C@@H]1C[C@@H](Oc1cc3c(Nc4ccc(Cl)c(Cl)c4F)ncnc3cc1OC1CCOC1)C2. The molecule has 2 bridgehead atoms. The van der Waals surface area contributed by atoms with Crippen molar-refractivity contribution < 1.29 is 23.4 Å². The smallest absolute Gasteiger partial charge is 0.246 e. The molecule has 2 unspecified atom stereocenters. The Morgan fingerprint density at radius 1 is 1.10 bits per heavy atom. The maximum Gasteiger partial charge on any atom is 0.246 e. The van der Waals surface area contributed by atoms with Crippen LogP contribution in [-0.4, -0.2) is 58.3 Å². The molecule has 0 radical (unpaired) electrons. The number of rotatable bonds is 7. The summed E-state index contributed by atoms with van der Waals surface area (Å²) < 4.78 is 33.2. The molecule has 6 rings (SSSR count). The third kappa shape index (κ3) is 5.11. The number of hydrogen-bond acceptors (Lipinski definition) is 7. The third-order valence-corrected chi connectivity index (χ3v) is 8.36. The topological polar surface area (TPSA) is 85.8 Å². The van der Waals surface area contributed by atoms with Crippen LogP contribution in [0.1, 0.15) is 32.1 Å². The highest BCUT2D eigenvalue weighted by molar-refractivity contribution is 6.42. The van der Waals surface area contributed by atoms with Crippen LogP contribution in [0.5, 0.6) is 11.5 Å². The maximum atomic E-state index is 14.8. The van der Waals surface area contributed by atoms with Gasteiger partial charge in [-0.3, -0.25) is 4.79 Å². The number of aromatic nitrogens is 2. The first kappa shape index (κ1) is 26.1. The second kappa shape index (κ2) is 10.8. The number of halogens is 3. The summed E-state index contributed by atoms with van der Waals surface area (Å²) in [7, 11) is 0. The first-order valence-electron chi connectivity index (χ1n) is 13.0. The van der Waals surface area contributed by atoms with Gasteiger partial charge in [0.1, 0.15) is 24.4 Å². The number of piperidine rings is 1. The van der Waals surface area contributed by atoms with Gasteiger partial charge in [0.05, 0.1) is 34.5 Å². The van der Waals surface area contributed by atoms with Crippen LogP contribution in [0.3, 0.4) is 0 Å². The molecule has 0 saturated carbocycles. The average molecular weight is 573 g/mol. The molecule has 1 N–H and O–H groups in total. The minimum atomic E-state index is -0.676. The highest BCUT2D eigenvalue weighted by atomic mass is 35.5. The van der Waals surface area contributed by atoms with Crippen molar-refractivity contribution in [1.82, 2.24) is 14.9 Å². The lowest BCUT2D eigenvalue weighted by Crippen LogP contribution is -2.48. The Kier molecular flexibility index (Phi) is 7.22. The van der Waals surface area contributed by atoms with Gasteiger partial charge in [-0.25, -0.2) is 14.4 Å². The van der Waals surface area contributed by atoms with Gasteiger partial charge in [0.15, 0.2) is 17.3 Å². The molecule has 2 aromatic carbocycles. The number of fused-ring (bicyclic) bond motifs is 3. The van der Waals surface area contributed by atoms with Crippen molar-refractivity contribution in [2.24, 2.45) is 0 Å². The van der Waals surface area contributed by atoms with E-state index < -0.39 is 5.82 Å². The van der Waals surface area contributed by atoms with Crippen LogP contribution >= 0.6 is 23.2 Å². The summed E-state index contributed by atoms with van der Waals surface area (Å²) in [6.45, 7) is 4.79. The number of carbonyl (C=O) groups is 1. The Labute approximate surface area is 235 Å². The van der Waals surface area contributed by atoms with E-state index in [4.69, 9.17) is 37.4 Å². The van der Waals surface area contributed by atoms with Crippen LogP contribution in [0.4, 0.5) is 15.9 Å². The molecule has 3 fully saturated rings. The largest absolute Gasteiger partial charge is 0.486 e. The van der Waals surface area contributed by atoms with E-state index in [2.05, 4.69) is 21.9 Å². The van der Waals surface area contributed by atoms with Crippen molar-refractivity contribution >= 4 is 51.5 Å². The number of hydrogen-bond donors (Lipinski definition) is 1. The normalized spacial score (nSPS) is 24.1. The van der Waals surface area contributed by atoms with Gasteiger partial charge < -0.3 is 24.4 Å². The van der Waals surface area contributed by atoms with Gasteiger partial charge in [-0.05, 0) is 37.1 Å². The fraction of sp³-hybridized carbons (Fsp3) is 0.393. The quantitative estimate of drug-likeness (QED) is 0.271. The Bertz CT molecular complexity index is 1420. The van der Waals surface area contributed by atoms with Gasteiger partial charge in [-0.2, -0.15) is 0 Å². The van der Waals surface area contributed by atoms with E-state index in [1.54, 1.807) is 0 Å². The second-order valence-corrected chi connectivity index (χ2v) is 10.8. The lowest BCUT2D eigenvalue weighted by Gasteiger charge is -2.38. The molecular weight excluding hydrogens is 546 g/mol. The monoisotopic (exact) mass is 572 g/mol. The molecular formula is C28H27Cl2FN4O4. The fourth-order valence-electron chi connectivity index (χ4n) is 5.75. The number of benzene rings is 2.